The topological polar surface area (TPSA) is 87.6 Å². The van der Waals surface area contributed by atoms with E-state index in [9.17, 15) is 4.79 Å². The van der Waals surface area contributed by atoms with Crippen molar-refractivity contribution < 1.29 is 23.1 Å². The van der Waals surface area contributed by atoms with Gasteiger partial charge in [0.15, 0.2) is 6.61 Å². The number of nitrogens with zero attached hydrogens (tertiary/aromatic N) is 2. The van der Waals surface area contributed by atoms with Crippen molar-refractivity contribution in [1.82, 2.24) is 10.2 Å². The average molecular weight is 439 g/mol. The van der Waals surface area contributed by atoms with Crippen LogP contribution < -0.4 is 4.74 Å². The number of hydrogen-bond donors (Lipinski definition) is 0. The van der Waals surface area contributed by atoms with Crippen LogP contribution in [0.3, 0.4) is 0 Å². The SMILES string of the molecule is CCOC(=O)c1c(CSc2nnc(COc3cc(C)ccc3C)o2)oc2ccccc12. The van der Waals surface area contributed by atoms with E-state index >= 15 is 0 Å². The van der Waals surface area contributed by atoms with Crippen LogP contribution in [0.4, 0.5) is 0 Å². The van der Waals surface area contributed by atoms with Gasteiger partial charge >= 0.3 is 5.97 Å². The largest absolute Gasteiger partial charge is 0.484 e. The van der Waals surface area contributed by atoms with Gasteiger partial charge in [0.1, 0.15) is 22.7 Å². The lowest BCUT2D eigenvalue weighted by Gasteiger charge is -2.07. The molecule has 0 saturated carbocycles. The van der Waals surface area contributed by atoms with Crippen molar-refractivity contribution >= 4 is 28.7 Å². The lowest BCUT2D eigenvalue weighted by Crippen LogP contribution is -2.06. The van der Waals surface area contributed by atoms with Crippen molar-refractivity contribution in [2.75, 3.05) is 6.61 Å². The van der Waals surface area contributed by atoms with Crippen LogP contribution in [0, 0.1) is 13.8 Å². The van der Waals surface area contributed by atoms with Gasteiger partial charge in [0, 0.05) is 5.39 Å². The summed E-state index contributed by atoms with van der Waals surface area (Å²) in [6.07, 6.45) is 0. The highest BCUT2D eigenvalue weighted by Gasteiger charge is 2.22. The Morgan fingerprint density at radius 1 is 1.10 bits per heavy atom. The number of benzene rings is 2. The molecule has 0 unspecified atom stereocenters. The van der Waals surface area contributed by atoms with E-state index in [1.807, 2.05) is 56.3 Å². The minimum absolute atomic E-state index is 0.177. The van der Waals surface area contributed by atoms with Crippen LogP contribution in [0.1, 0.15) is 40.1 Å². The Bertz CT molecular complexity index is 1210. The summed E-state index contributed by atoms with van der Waals surface area (Å²) in [6, 6.07) is 13.4. The normalized spacial score (nSPS) is 11.1. The summed E-state index contributed by atoms with van der Waals surface area (Å²) in [6.45, 7) is 6.23. The fraction of sp³-hybridized carbons (Fsp3) is 0.261. The molecule has 31 heavy (non-hydrogen) atoms. The molecule has 0 fully saturated rings. The molecule has 0 spiro atoms. The second-order valence-electron chi connectivity index (χ2n) is 6.92. The maximum absolute atomic E-state index is 12.5. The number of hydrogen-bond acceptors (Lipinski definition) is 8. The number of para-hydroxylation sites is 1. The molecule has 0 N–H and O–H groups in total. The van der Waals surface area contributed by atoms with Gasteiger partial charge in [-0.25, -0.2) is 4.79 Å². The summed E-state index contributed by atoms with van der Waals surface area (Å²) in [7, 11) is 0. The zero-order valence-corrected chi connectivity index (χ0v) is 18.3. The Hall–Kier alpha value is -3.26. The minimum Gasteiger partial charge on any atom is -0.484 e. The van der Waals surface area contributed by atoms with Gasteiger partial charge in [-0.05, 0) is 44.0 Å². The van der Waals surface area contributed by atoms with Crippen LogP contribution in [0.5, 0.6) is 5.75 Å². The number of fused-ring (bicyclic) bond motifs is 1. The highest BCUT2D eigenvalue weighted by Crippen LogP contribution is 2.31. The van der Waals surface area contributed by atoms with Crippen LogP contribution in [-0.4, -0.2) is 22.8 Å². The predicted molar refractivity (Wildman–Crippen MR) is 116 cm³/mol. The zero-order chi connectivity index (χ0) is 21.8. The van der Waals surface area contributed by atoms with Crippen molar-refractivity contribution in [3.8, 4) is 5.75 Å². The van der Waals surface area contributed by atoms with Gasteiger partial charge in [-0.2, -0.15) is 0 Å². The van der Waals surface area contributed by atoms with E-state index in [1.165, 1.54) is 11.8 Å². The molecule has 0 aliphatic rings. The van der Waals surface area contributed by atoms with Gasteiger partial charge < -0.3 is 18.3 Å². The van der Waals surface area contributed by atoms with Crippen molar-refractivity contribution in [2.45, 2.75) is 38.4 Å². The second-order valence-corrected chi connectivity index (χ2v) is 7.85. The molecule has 0 bridgehead atoms. The van der Waals surface area contributed by atoms with E-state index in [4.69, 9.17) is 18.3 Å². The van der Waals surface area contributed by atoms with Crippen molar-refractivity contribution in [1.29, 1.82) is 0 Å². The van der Waals surface area contributed by atoms with Crippen LogP contribution >= 0.6 is 11.8 Å². The van der Waals surface area contributed by atoms with E-state index in [1.54, 1.807) is 6.92 Å². The Morgan fingerprint density at radius 2 is 1.94 bits per heavy atom. The molecule has 4 aromatic rings. The van der Waals surface area contributed by atoms with E-state index in [0.717, 1.165) is 22.3 Å². The summed E-state index contributed by atoms with van der Waals surface area (Å²) in [5.41, 5.74) is 3.22. The molecular formula is C23H22N2O5S. The zero-order valence-electron chi connectivity index (χ0n) is 17.5. The number of aryl methyl sites for hydroxylation is 2. The molecule has 0 aliphatic carbocycles. The van der Waals surface area contributed by atoms with E-state index in [2.05, 4.69) is 10.2 Å². The second kappa shape index (κ2) is 9.26. The number of ether oxygens (including phenoxy) is 2. The number of furan rings is 1. The Balaban J connectivity index is 1.45. The standard InChI is InChI=1S/C23H22N2O5S/c1-4-27-22(26)21-16-7-5-6-8-17(16)29-19(21)13-31-23-25-24-20(30-23)12-28-18-11-14(2)9-10-15(18)3/h5-11H,4,12-13H2,1-3H3. The molecular weight excluding hydrogens is 416 g/mol. The van der Waals surface area contributed by atoms with Crippen LogP contribution in [-0.2, 0) is 17.1 Å². The van der Waals surface area contributed by atoms with Gasteiger partial charge in [0.25, 0.3) is 11.1 Å². The molecule has 2 aromatic carbocycles. The monoisotopic (exact) mass is 438 g/mol. The Kier molecular flexibility index (Phi) is 6.27. The quantitative estimate of drug-likeness (QED) is 0.264. The summed E-state index contributed by atoms with van der Waals surface area (Å²) in [5, 5.41) is 9.19. The third-order valence-corrected chi connectivity index (χ3v) is 5.44. The molecule has 2 aromatic heterocycles. The minimum atomic E-state index is -0.406. The third kappa shape index (κ3) is 4.74. The summed E-state index contributed by atoms with van der Waals surface area (Å²) in [5.74, 6) is 1.61. The fourth-order valence-corrected chi connectivity index (χ4v) is 3.82. The summed E-state index contributed by atoms with van der Waals surface area (Å²) < 4.78 is 22.6. The maximum Gasteiger partial charge on any atom is 0.342 e. The van der Waals surface area contributed by atoms with Gasteiger partial charge in [-0.3, -0.25) is 0 Å². The van der Waals surface area contributed by atoms with Crippen molar-refractivity contribution in [3.05, 3.63) is 70.8 Å². The number of aromatic nitrogens is 2. The number of carbonyl (C=O) groups excluding carboxylic acids is 1. The third-order valence-electron chi connectivity index (χ3n) is 4.62. The maximum atomic E-state index is 12.5. The summed E-state index contributed by atoms with van der Waals surface area (Å²) >= 11 is 1.29. The first-order valence-electron chi connectivity index (χ1n) is 9.88. The molecule has 2 heterocycles. The molecule has 0 aliphatic heterocycles. The number of esters is 1. The number of carbonyl (C=O) groups is 1. The lowest BCUT2D eigenvalue weighted by molar-refractivity contribution is 0.0526. The molecule has 4 rings (SSSR count). The first kappa shape index (κ1) is 21.0. The molecule has 0 atom stereocenters. The molecule has 8 heteroatoms. The molecule has 7 nitrogen and oxygen atoms in total. The number of rotatable bonds is 8. The van der Waals surface area contributed by atoms with Gasteiger partial charge in [0.2, 0.25) is 0 Å². The highest BCUT2D eigenvalue weighted by molar-refractivity contribution is 7.98. The van der Waals surface area contributed by atoms with Crippen LogP contribution in [0.2, 0.25) is 0 Å². The molecule has 160 valence electrons. The lowest BCUT2D eigenvalue weighted by atomic mass is 10.1. The summed E-state index contributed by atoms with van der Waals surface area (Å²) in [4.78, 5) is 12.5. The van der Waals surface area contributed by atoms with Crippen molar-refractivity contribution in [3.63, 3.8) is 0 Å². The van der Waals surface area contributed by atoms with Crippen molar-refractivity contribution in [2.24, 2.45) is 0 Å². The van der Waals surface area contributed by atoms with Gasteiger partial charge in [-0.15, -0.1) is 10.2 Å². The predicted octanol–water partition coefficient (Wildman–Crippen LogP) is 5.48. The Morgan fingerprint density at radius 3 is 2.77 bits per heavy atom. The average Bonchev–Trinajstić information content (AvgIpc) is 3.37. The smallest absolute Gasteiger partial charge is 0.342 e. The highest BCUT2D eigenvalue weighted by atomic mass is 32.2. The van der Waals surface area contributed by atoms with E-state index < -0.39 is 5.97 Å². The van der Waals surface area contributed by atoms with Crippen LogP contribution in [0.25, 0.3) is 11.0 Å². The fourth-order valence-electron chi connectivity index (χ4n) is 3.11. The van der Waals surface area contributed by atoms with Gasteiger partial charge in [-0.1, -0.05) is 42.1 Å². The van der Waals surface area contributed by atoms with E-state index in [-0.39, 0.29) is 6.61 Å². The first-order valence-corrected chi connectivity index (χ1v) is 10.9. The van der Waals surface area contributed by atoms with Gasteiger partial charge in [0.05, 0.1) is 12.4 Å². The molecule has 0 radical (unpaired) electrons. The molecule has 0 amide bonds. The number of thioether (sulfide) groups is 1. The van der Waals surface area contributed by atoms with Crippen LogP contribution in [0.15, 0.2) is 56.5 Å². The van der Waals surface area contributed by atoms with E-state index in [0.29, 0.717) is 40.4 Å². The Labute approximate surface area is 183 Å². The first-order chi connectivity index (χ1) is 15.0. The molecule has 0 saturated heterocycles.